The van der Waals surface area contributed by atoms with Crippen LogP contribution in [0.1, 0.15) is 30.1 Å². The SMILES string of the molecule is CC=CCCC(=O)c1ccccc1. The number of ketones is 1. The number of allylic oxidation sites excluding steroid dienone is 2. The van der Waals surface area contributed by atoms with E-state index in [-0.39, 0.29) is 5.78 Å². The van der Waals surface area contributed by atoms with E-state index in [4.69, 9.17) is 0 Å². The lowest BCUT2D eigenvalue weighted by Crippen LogP contribution is -1.96. The third-order valence-electron chi connectivity index (χ3n) is 1.87. The van der Waals surface area contributed by atoms with E-state index < -0.39 is 0 Å². The second kappa shape index (κ2) is 5.31. The molecule has 0 aliphatic rings. The summed E-state index contributed by atoms with van der Waals surface area (Å²) in [4.78, 5) is 11.5. The van der Waals surface area contributed by atoms with E-state index in [1.54, 1.807) is 0 Å². The van der Waals surface area contributed by atoms with Crippen LogP contribution in [0.5, 0.6) is 0 Å². The lowest BCUT2D eigenvalue weighted by molar-refractivity contribution is 0.0983. The molecule has 0 saturated heterocycles. The number of hydrogen-bond donors (Lipinski definition) is 0. The number of Topliss-reactive ketones (excluding diaryl/α,β-unsaturated/α-hetero) is 1. The van der Waals surface area contributed by atoms with E-state index in [1.165, 1.54) is 0 Å². The molecule has 0 N–H and O–H groups in total. The maximum absolute atomic E-state index is 11.5. The summed E-state index contributed by atoms with van der Waals surface area (Å²) in [6, 6.07) is 9.42. The van der Waals surface area contributed by atoms with Crippen molar-refractivity contribution < 1.29 is 4.79 Å². The topological polar surface area (TPSA) is 17.1 Å². The van der Waals surface area contributed by atoms with Crippen LogP contribution < -0.4 is 0 Å². The van der Waals surface area contributed by atoms with Crippen LogP contribution >= 0.6 is 0 Å². The van der Waals surface area contributed by atoms with Gasteiger partial charge >= 0.3 is 0 Å². The van der Waals surface area contributed by atoms with Gasteiger partial charge in [0, 0.05) is 12.0 Å². The Morgan fingerprint density at radius 3 is 2.62 bits per heavy atom. The molecule has 0 radical (unpaired) electrons. The molecule has 0 saturated carbocycles. The molecule has 0 spiro atoms. The second-order valence-corrected chi connectivity index (χ2v) is 2.90. The summed E-state index contributed by atoms with van der Waals surface area (Å²) < 4.78 is 0. The van der Waals surface area contributed by atoms with E-state index >= 15 is 0 Å². The Morgan fingerprint density at radius 1 is 1.31 bits per heavy atom. The zero-order valence-corrected chi connectivity index (χ0v) is 7.86. The van der Waals surface area contributed by atoms with Gasteiger partial charge in [0.05, 0.1) is 0 Å². The molecule has 0 aliphatic carbocycles. The van der Waals surface area contributed by atoms with E-state index in [0.29, 0.717) is 6.42 Å². The number of benzene rings is 1. The molecule has 1 heteroatoms. The van der Waals surface area contributed by atoms with Crippen LogP contribution in [0, 0.1) is 0 Å². The highest BCUT2D eigenvalue weighted by Gasteiger charge is 2.01. The number of hydrogen-bond acceptors (Lipinski definition) is 1. The van der Waals surface area contributed by atoms with Crippen molar-refractivity contribution in [2.75, 3.05) is 0 Å². The summed E-state index contributed by atoms with van der Waals surface area (Å²) in [5.74, 6) is 0.221. The molecule has 0 aromatic heterocycles. The highest BCUT2D eigenvalue weighted by molar-refractivity contribution is 5.96. The molecule has 0 atom stereocenters. The van der Waals surface area contributed by atoms with Crippen molar-refractivity contribution in [2.45, 2.75) is 19.8 Å². The zero-order valence-electron chi connectivity index (χ0n) is 7.86. The molecule has 0 heterocycles. The number of carbonyl (C=O) groups excluding carboxylic acids is 1. The van der Waals surface area contributed by atoms with Gasteiger partial charge in [0.1, 0.15) is 0 Å². The van der Waals surface area contributed by atoms with Crippen LogP contribution in [0.2, 0.25) is 0 Å². The van der Waals surface area contributed by atoms with Crippen molar-refractivity contribution in [3.63, 3.8) is 0 Å². The van der Waals surface area contributed by atoms with Crippen LogP contribution in [0.3, 0.4) is 0 Å². The van der Waals surface area contributed by atoms with Gasteiger partial charge in [-0.15, -0.1) is 0 Å². The first-order chi connectivity index (χ1) is 6.34. The van der Waals surface area contributed by atoms with Gasteiger partial charge in [-0.25, -0.2) is 0 Å². The maximum atomic E-state index is 11.5. The lowest BCUT2D eigenvalue weighted by Gasteiger charge is -1.97. The molecule has 0 unspecified atom stereocenters. The fourth-order valence-electron chi connectivity index (χ4n) is 1.15. The molecule has 13 heavy (non-hydrogen) atoms. The monoisotopic (exact) mass is 174 g/mol. The maximum Gasteiger partial charge on any atom is 0.163 e. The van der Waals surface area contributed by atoms with Crippen LogP contribution in [-0.2, 0) is 0 Å². The third-order valence-corrected chi connectivity index (χ3v) is 1.87. The summed E-state index contributed by atoms with van der Waals surface area (Å²) in [6.07, 6.45) is 5.43. The molecule has 0 fully saturated rings. The second-order valence-electron chi connectivity index (χ2n) is 2.90. The quantitative estimate of drug-likeness (QED) is 0.506. The Hall–Kier alpha value is -1.37. The summed E-state index contributed by atoms with van der Waals surface area (Å²) >= 11 is 0. The van der Waals surface area contributed by atoms with Crippen LogP contribution in [0.15, 0.2) is 42.5 Å². The van der Waals surface area contributed by atoms with Crippen molar-refractivity contribution in [1.29, 1.82) is 0 Å². The van der Waals surface area contributed by atoms with Crippen molar-refractivity contribution in [3.05, 3.63) is 48.0 Å². The predicted molar refractivity (Wildman–Crippen MR) is 54.8 cm³/mol. The first kappa shape index (κ1) is 9.72. The highest BCUT2D eigenvalue weighted by atomic mass is 16.1. The van der Waals surface area contributed by atoms with Gasteiger partial charge in [-0.2, -0.15) is 0 Å². The first-order valence-electron chi connectivity index (χ1n) is 4.54. The van der Waals surface area contributed by atoms with E-state index in [9.17, 15) is 4.79 Å². The summed E-state index contributed by atoms with van der Waals surface area (Å²) in [5.41, 5.74) is 0.812. The Kier molecular flexibility index (Phi) is 3.97. The minimum atomic E-state index is 0.221. The van der Waals surface area contributed by atoms with Crippen molar-refractivity contribution in [3.8, 4) is 0 Å². The van der Waals surface area contributed by atoms with Gasteiger partial charge in [0.2, 0.25) is 0 Å². The van der Waals surface area contributed by atoms with Crippen LogP contribution in [0.25, 0.3) is 0 Å². The van der Waals surface area contributed by atoms with E-state index in [2.05, 4.69) is 0 Å². The first-order valence-corrected chi connectivity index (χ1v) is 4.54. The third kappa shape index (κ3) is 3.24. The molecule has 1 nitrogen and oxygen atoms in total. The molecule has 1 aromatic rings. The molecule has 1 rings (SSSR count). The zero-order chi connectivity index (χ0) is 9.52. The number of rotatable bonds is 4. The Labute approximate surface area is 79.1 Å². The molecule has 0 bridgehead atoms. The summed E-state index contributed by atoms with van der Waals surface area (Å²) in [6.45, 7) is 1.97. The molecule has 0 aliphatic heterocycles. The predicted octanol–water partition coefficient (Wildman–Crippen LogP) is 3.23. The van der Waals surface area contributed by atoms with Gasteiger partial charge in [0.25, 0.3) is 0 Å². The molecular weight excluding hydrogens is 160 g/mol. The minimum absolute atomic E-state index is 0.221. The van der Waals surface area contributed by atoms with Gasteiger partial charge in [-0.3, -0.25) is 4.79 Å². The smallest absolute Gasteiger partial charge is 0.163 e. The molecular formula is C12H14O. The molecule has 1 aromatic carbocycles. The summed E-state index contributed by atoms with van der Waals surface area (Å²) in [5, 5.41) is 0. The highest BCUT2D eigenvalue weighted by Crippen LogP contribution is 2.05. The Morgan fingerprint density at radius 2 is 2.00 bits per heavy atom. The summed E-state index contributed by atoms with van der Waals surface area (Å²) in [7, 11) is 0. The average molecular weight is 174 g/mol. The molecule has 0 amide bonds. The van der Waals surface area contributed by atoms with Gasteiger partial charge in [0.15, 0.2) is 5.78 Å². The molecule has 68 valence electrons. The van der Waals surface area contributed by atoms with Crippen molar-refractivity contribution in [2.24, 2.45) is 0 Å². The average Bonchev–Trinajstić information content (AvgIpc) is 2.19. The normalized spacial score (nSPS) is 10.5. The van der Waals surface area contributed by atoms with Crippen molar-refractivity contribution >= 4 is 5.78 Å². The Bertz CT molecular complexity index is 285. The fraction of sp³-hybridized carbons (Fsp3) is 0.250. The number of carbonyl (C=O) groups is 1. The van der Waals surface area contributed by atoms with E-state index in [0.717, 1.165) is 12.0 Å². The largest absolute Gasteiger partial charge is 0.294 e. The van der Waals surface area contributed by atoms with Crippen LogP contribution in [-0.4, -0.2) is 5.78 Å². The van der Waals surface area contributed by atoms with E-state index in [1.807, 2.05) is 49.4 Å². The Balaban J connectivity index is 2.49. The van der Waals surface area contributed by atoms with Crippen LogP contribution in [0.4, 0.5) is 0 Å². The van der Waals surface area contributed by atoms with Crippen molar-refractivity contribution in [1.82, 2.24) is 0 Å². The minimum Gasteiger partial charge on any atom is -0.294 e. The van der Waals surface area contributed by atoms with Gasteiger partial charge in [-0.05, 0) is 13.3 Å². The van der Waals surface area contributed by atoms with Gasteiger partial charge < -0.3 is 0 Å². The standard InChI is InChI=1S/C12H14O/c1-2-3-5-10-12(13)11-8-6-4-7-9-11/h2-4,6-9H,5,10H2,1H3. The fourth-order valence-corrected chi connectivity index (χ4v) is 1.15. The van der Waals surface area contributed by atoms with Gasteiger partial charge in [-0.1, -0.05) is 42.5 Å². The lowest BCUT2D eigenvalue weighted by atomic mass is 10.1.